The van der Waals surface area contributed by atoms with E-state index in [4.69, 9.17) is 4.74 Å². The second-order valence-corrected chi connectivity index (χ2v) is 13.6. The first-order chi connectivity index (χ1) is 12.0. The summed E-state index contributed by atoms with van der Waals surface area (Å²) in [6.45, 7) is 15.2. The summed E-state index contributed by atoms with van der Waals surface area (Å²) in [5, 5.41) is 1.62. The molecule has 138 valence electrons. The Morgan fingerprint density at radius 2 is 1.96 bits per heavy atom. The lowest BCUT2D eigenvalue weighted by Gasteiger charge is -2.40. The Morgan fingerprint density at radius 3 is 2.60 bits per heavy atom. The first kappa shape index (κ1) is 18.9. The van der Waals surface area contributed by atoms with Gasteiger partial charge in [0, 0.05) is 12.5 Å². The van der Waals surface area contributed by atoms with Crippen molar-refractivity contribution in [3.8, 4) is 0 Å². The Kier molecular flexibility index (Phi) is 5.90. The minimum Gasteiger partial charge on any atom is -0.377 e. The van der Waals surface area contributed by atoms with E-state index in [0.29, 0.717) is 12.0 Å². The number of hydrogen-bond acceptors (Lipinski definition) is 1. The predicted molar refractivity (Wildman–Crippen MR) is 111 cm³/mol. The van der Waals surface area contributed by atoms with Gasteiger partial charge in [-0.1, -0.05) is 80.5 Å². The van der Waals surface area contributed by atoms with Crippen molar-refractivity contribution in [2.45, 2.75) is 70.7 Å². The van der Waals surface area contributed by atoms with E-state index in [1.165, 1.54) is 37.7 Å². The van der Waals surface area contributed by atoms with Gasteiger partial charge in [0.15, 0.2) is 0 Å². The molecule has 25 heavy (non-hydrogen) atoms. The summed E-state index contributed by atoms with van der Waals surface area (Å²) < 4.78 is 6.41. The third-order valence-electron chi connectivity index (χ3n) is 6.96. The topological polar surface area (TPSA) is 9.23 Å². The van der Waals surface area contributed by atoms with Crippen LogP contribution >= 0.6 is 0 Å². The summed E-state index contributed by atoms with van der Waals surface area (Å²) >= 11 is 0. The second kappa shape index (κ2) is 7.80. The van der Waals surface area contributed by atoms with E-state index < -0.39 is 8.07 Å². The minimum atomic E-state index is -1.58. The zero-order valence-electron chi connectivity index (χ0n) is 16.6. The van der Waals surface area contributed by atoms with Gasteiger partial charge in [-0.2, -0.15) is 0 Å². The van der Waals surface area contributed by atoms with Gasteiger partial charge in [0.25, 0.3) is 0 Å². The highest BCUT2D eigenvalue weighted by molar-refractivity contribution is 6.91. The molecule has 1 saturated heterocycles. The molecular weight excluding hydrogens is 320 g/mol. The fourth-order valence-corrected chi connectivity index (χ4v) is 10.2. The van der Waals surface area contributed by atoms with Crippen molar-refractivity contribution in [1.29, 1.82) is 0 Å². The lowest BCUT2D eigenvalue weighted by Crippen LogP contribution is -2.50. The molecule has 1 aliphatic carbocycles. The highest BCUT2D eigenvalue weighted by Gasteiger charge is 2.56. The molecule has 0 aromatic heterocycles. The average molecular weight is 357 g/mol. The molecule has 5 atom stereocenters. The van der Waals surface area contributed by atoms with Crippen LogP contribution < -0.4 is 5.19 Å². The zero-order chi connectivity index (χ0) is 18.0. The van der Waals surface area contributed by atoms with E-state index in [9.17, 15) is 0 Å². The summed E-state index contributed by atoms with van der Waals surface area (Å²) in [5.74, 6) is 2.06. The largest absolute Gasteiger partial charge is 0.377 e. The molecule has 1 aromatic rings. The zero-order valence-corrected chi connectivity index (χ0v) is 17.6. The van der Waals surface area contributed by atoms with Gasteiger partial charge in [0.05, 0.1) is 14.2 Å². The third kappa shape index (κ3) is 3.53. The molecule has 2 aliphatic rings. The summed E-state index contributed by atoms with van der Waals surface area (Å²) in [4.78, 5) is 0. The van der Waals surface area contributed by atoms with Crippen LogP contribution in [0, 0.1) is 17.8 Å². The van der Waals surface area contributed by atoms with Crippen molar-refractivity contribution in [3.63, 3.8) is 0 Å². The standard InChI is InChI=1S/C23H36OSi/c1-6-7-14-19-21(17(2)3)22-20(15-11-16-24-22)23(19)25(4,5)18-12-9-8-10-13-18/h8-10,12-13,19-23H,2,6-7,11,14-16H2,1,3-5H3/t19-,20+,21-,22-,23+/m0/s1. The van der Waals surface area contributed by atoms with Crippen LogP contribution in [0.25, 0.3) is 0 Å². The van der Waals surface area contributed by atoms with Crippen LogP contribution in [0.2, 0.25) is 18.6 Å². The van der Waals surface area contributed by atoms with Crippen molar-refractivity contribution in [3.05, 3.63) is 42.5 Å². The van der Waals surface area contributed by atoms with E-state index >= 15 is 0 Å². The van der Waals surface area contributed by atoms with E-state index in [1.807, 2.05) is 0 Å². The van der Waals surface area contributed by atoms with Gasteiger partial charge in [-0.25, -0.2) is 0 Å². The summed E-state index contributed by atoms with van der Waals surface area (Å²) in [6.07, 6.45) is 6.98. The number of rotatable bonds is 6. The van der Waals surface area contributed by atoms with E-state index in [1.54, 1.807) is 5.19 Å². The summed E-state index contributed by atoms with van der Waals surface area (Å²) in [7, 11) is -1.58. The number of benzene rings is 1. The van der Waals surface area contributed by atoms with Crippen molar-refractivity contribution in [1.82, 2.24) is 0 Å². The molecule has 0 radical (unpaired) electrons. The smallest absolute Gasteiger partial charge is 0.0843 e. The van der Waals surface area contributed by atoms with Gasteiger partial charge in [0.1, 0.15) is 0 Å². The molecule has 2 heteroatoms. The Hall–Kier alpha value is -0.863. The van der Waals surface area contributed by atoms with Crippen molar-refractivity contribution in [2.24, 2.45) is 17.8 Å². The Bertz CT molecular complexity index is 579. The maximum absolute atomic E-state index is 6.41. The SMILES string of the molecule is C=C(C)[C@H]1[C@H](CCCC)[C@@H]([Si](C)(C)c2ccccc2)[C@@H]2CCCO[C@@H]21. The fraction of sp³-hybridized carbons (Fsp3) is 0.652. The highest BCUT2D eigenvalue weighted by Crippen LogP contribution is 2.58. The molecule has 3 rings (SSSR count). The van der Waals surface area contributed by atoms with E-state index in [0.717, 1.165) is 24.0 Å². The first-order valence-electron chi connectivity index (χ1n) is 10.3. The summed E-state index contributed by atoms with van der Waals surface area (Å²) in [5.41, 5.74) is 2.17. The van der Waals surface area contributed by atoms with Crippen LogP contribution in [0.3, 0.4) is 0 Å². The third-order valence-corrected chi connectivity index (χ3v) is 11.3. The molecule has 0 unspecified atom stereocenters. The Labute approximate surface area is 155 Å². The molecule has 1 heterocycles. The number of fused-ring (bicyclic) bond motifs is 1. The van der Waals surface area contributed by atoms with Gasteiger partial charge >= 0.3 is 0 Å². The first-order valence-corrected chi connectivity index (χ1v) is 13.4. The van der Waals surface area contributed by atoms with E-state index in [2.05, 4.69) is 63.9 Å². The lowest BCUT2D eigenvalue weighted by molar-refractivity contribution is -0.0289. The molecule has 0 spiro atoms. The maximum atomic E-state index is 6.41. The molecule has 0 amide bonds. The van der Waals surface area contributed by atoms with Crippen molar-refractivity contribution in [2.75, 3.05) is 6.61 Å². The maximum Gasteiger partial charge on any atom is 0.0843 e. The Balaban J connectivity index is 2.01. The predicted octanol–water partition coefficient (Wildman–Crippen LogP) is 5.78. The molecule has 1 saturated carbocycles. The number of hydrogen-bond donors (Lipinski definition) is 0. The van der Waals surface area contributed by atoms with Gasteiger partial charge in [0.2, 0.25) is 0 Å². The average Bonchev–Trinajstić information content (AvgIpc) is 2.95. The van der Waals surface area contributed by atoms with Crippen molar-refractivity contribution < 1.29 is 4.74 Å². The van der Waals surface area contributed by atoms with Crippen LogP contribution in [0.5, 0.6) is 0 Å². The molecule has 1 aliphatic heterocycles. The van der Waals surface area contributed by atoms with Crippen molar-refractivity contribution >= 4 is 13.3 Å². The van der Waals surface area contributed by atoms with Crippen LogP contribution in [-0.4, -0.2) is 20.8 Å². The molecule has 2 fully saturated rings. The normalized spacial score (nSPS) is 32.4. The second-order valence-electron chi connectivity index (χ2n) is 8.93. The molecule has 0 bridgehead atoms. The van der Waals surface area contributed by atoms with Gasteiger partial charge < -0.3 is 4.74 Å². The lowest BCUT2D eigenvalue weighted by atomic mass is 9.85. The molecule has 1 aromatic carbocycles. The van der Waals surface area contributed by atoms with Gasteiger partial charge in [-0.3, -0.25) is 0 Å². The molecular formula is C23H36OSi. The molecule has 0 N–H and O–H groups in total. The van der Waals surface area contributed by atoms with Crippen LogP contribution in [-0.2, 0) is 4.74 Å². The Morgan fingerprint density at radius 1 is 1.24 bits per heavy atom. The van der Waals surface area contributed by atoms with Gasteiger partial charge in [-0.15, -0.1) is 0 Å². The van der Waals surface area contributed by atoms with Crippen LogP contribution in [0.4, 0.5) is 0 Å². The monoisotopic (exact) mass is 356 g/mol. The van der Waals surface area contributed by atoms with Crippen LogP contribution in [0.15, 0.2) is 42.5 Å². The molecule has 1 nitrogen and oxygen atoms in total. The minimum absolute atomic E-state index is 0.425. The highest BCUT2D eigenvalue weighted by atomic mass is 28.3. The quantitative estimate of drug-likeness (QED) is 0.464. The van der Waals surface area contributed by atoms with Crippen LogP contribution in [0.1, 0.15) is 46.0 Å². The fourth-order valence-electron chi connectivity index (χ4n) is 5.94. The number of ether oxygens (including phenoxy) is 1. The van der Waals surface area contributed by atoms with Gasteiger partial charge in [-0.05, 0) is 43.6 Å². The van der Waals surface area contributed by atoms with E-state index in [-0.39, 0.29) is 0 Å². The number of unbranched alkanes of at least 4 members (excludes halogenated alkanes) is 1. The summed E-state index contributed by atoms with van der Waals surface area (Å²) in [6, 6.07) is 11.4.